The van der Waals surface area contributed by atoms with Gasteiger partial charge in [0.1, 0.15) is 35.5 Å². The minimum Gasteiger partial charge on any atom is -0.497 e. The fourth-order valence-corrected chi connectivity index (χ4v) is 5.55. The number of nitrogens with zero attached hydrogens (tertiary/aromatic N) is 1. The van der Waals surface area contributed by atoms with Crippen LogP contribution in [-0.2, 0) is 24.6 Å². The first-order chi connectivity index (χ1) is 20.8. The first-order valence-corrected chi connectivity index (χ1v) is 13.9. The SMILES string of the molecule is COc1ccc(C(O[C@H](C)C[C@H]2O/C(=[N+]3/C=CC(=O)NC3=O)[C@H](OC)[C@@H]2O)(c2ccccc2)c2ccc(OC)cc2)cc1. The lowest BCUT2D eigenvalue weighted by atomic mass is 9.79. The summed E-state index contributed by atoms with van der Waals surface area (Å²) in [5.74, 6) is 0.972. The molecule has 3 aromatic carbocycles. The summed E-state index contributed by atoms with van der Waals surface area (Å²) in [6.45, 7) is 1.91. The Morgan fingerprint density at radius 2 is 1.44 bits per heavy atom. The van der Waals surface area contributed by atoms with Crippen LogP contribution < -0.4 is 14.8 Å². The van der Waals surface area contributed by atoms with Crippen LogP contribution in [0.2, 0.25) is 0 Å². The number of ether oxygens (including phenoxy) is 5. The van der Waals surface area contributed by atoms with Gasteiger partial charge in [-0.05, 0) is 47.9 Å². The summed E-state index contributed by atoms with van der Waals surface area (Å²) < 4.78 is 30.7. The molecule has 3 amide bonds. The normalized spacial score (nSPS) is 22.6. The molecule has 0 saturated carbocycles. The van der Waals surface area contributed by atoms with Crippen LogP contribution >= 0.6 is 0 Å². The van der Waals surface area contributed by atoms with Crippen LogP contribution in [0, 0.1) is 0 Å². The van der Waals surface area contributed by atoms with E-state index in [4.69, 9.17) is 23.7 Å². The summed E-state index contributed by atoms with van der Waals surface area (Å²) in [6.07, 6.45) is -0.522. The molecule has 2 heterocycles. The maximum Gasteiger partial charge on any atom is 0.506 e. The number of carbonyl (C=O) groups excluding carboxylic acids is 2. The van der Waals surface area contributed by atoms with Crippen LogP contribution in [0.5, 0.6) is 11.5 Å². The smallest absolute Gasteiger partial charge is 0.497 e. The Hall–Kier alpha value is -4.51. The Morgan fingerprint density at radius 3 is 1.95 bits per heavy atom. The fourth-order valence-electron chi connectivity index (χ4n) is 5.55. The Labute approximate surface area is 250 Å². The number of nitrogens with one attached hydrogen (secondary N) is 1. The molecule has 3 aromatic rings. The number of rotatable bonds is 10. The van der Waals surface area contributed by atoms with Gasteiger partial charge in [0.05, 0.1) is 26.4 Å². The predicted octanol–water partition coefficient (Wildman–Crippen LogP) is 3.74. The fraction of sp³-hybridized carbons (Fsp3) is 0.303. The van der Waals surface area contributed by atoms with Crippen molar-refractivity contribution in [3.05, 3.63) is 108 Å². The first kappa shape index (κ1) is 30.0. The zero-order valence-electron chi connectivity index (χ0n) is 24.4. The van der Waals surface area contributed by atoms with Crippen molar-refractivity contribution < 1.29 is 43.0 Å². The highest BCUT2D eigenvalue weighted by Crippen LogP contribution is 2.43. The Balaban J connectivity index is 1.53. The van der Waals surface area contributed by atoms with Crippen molar-refractivity contribution in [1.82, 2.24) is 5.32 Å². The van der Waals surface area contributed by atoms with E-state index >= 15 is 0 Å². The Bertz CT molecular complexity index is 1450. The van der Waals surface area contributed by atoms with E-state index in [9.17, 15) is 14.7 Å². The molecule has 2 aliphatic rings. The van der Waals surface area contributed by atoms with Gasteiger partial charge < -0.3 is 28.8 Å². The van der Waals surface area contributed by atoms with Crippen LogP contribution in [0.15, 0.2) is 91.1 Å². The van der Waals surface area contributed by atoms with E-state index in [0.29, 0.717) is 11.5 Å². The van der Waals surface area contributed by atoms with Crippen LogP contribution in [0.25, 0.3) is 0 Å². The minimum atomic E-state index is -1.10. The van der Waals surface area contributed by atoms with E-state index in [1.807, 2.05) is 85.8 Å². The van der Waals surface area contributed by atoms with Crippen molar-refractivity contribution in [3.8, 4) is 11.5 Å². The number of imide groups is 1. The van der Waals surface area contributed by atoms with Gasteiger partial charge >= 0.3 is 11.9 Å². The van der Waals surface area contributed by atoms with E-state index in [1.165, 1.54) is 19.4 Å². The molecule has 0 aliphatic carbocycles. The van der Waals surface area contributed by atoms with Crippen LogP contribution in [-0.4, -0.2) is 73.3 Å². The maximum absolute atomic E-state index is 12.5. The molecule has 4 atom stereocenters. The van der Waals surface area contributed by atoms with Crippen molar-refractivity contribution >= 4 is 17.8 Å². The van der Waals surface area contributed by atoms with Crippen molar-refractivity contribution in [2.75, 3.05) is 21.3 Å². The van der Waals surface area contributed by atoms with Gasteiger partial charge in [-0.15, -0.1) is 4.58 Å². The molecular weight excluding hydrogens is 552 g/mol. The van der Waals surface area contributed by atoms with Crippen molar-refractivity contribution in [1.29, 1.82) is 0 Å². The Morgan fingerprint density at radius 1 is 0.884 bits per heavy atom. The van der Waals surface area contributed by atoms with Crippen LogP contribution in [0.3, 0.4) is 0 Å². The highest BCUT2D eigenvalue weighted by molar-refractivity contribution is 6.01. The molecule has 0 unspecified atom stereocenters. The van der Waals surface area contributed by atoms with E-state index in [2.05, 4.69) is 5.32 Å². The molecule has 0 aromatic heterocycles. The average molecular weight is 588 g/mol. The highest BCUT2D eigenvalue weighted by atomic mass is 16.6. The van der Waals surface area contributed by atoms with Gasteiger partial charge in [0.25, 0.3) is 5.90 Å². The molecule has 1 saturated heterocycles. The lowest BCUT2D eigenvalue weighted by Crippen LogP contribution is -2.44. The molecule has 10 nitrogen and oxygen atoms in total. The molecule has 5 rings (SSSR count). The van der Waals surface area contributed by atoms with Gasteiger partial charge in [0.15, 0.2) is 6.10 Å². The molecule has 2 N–H and O–H groups in total. The number of methoxy groups -OCH3 is 3. The predicted molar refractivity (Wildman–Crippen MR) is 157 cm³/mol. The molecule has 10 heteroatoms. The maximum atomic E-state index is 12.5. The topological polar surface area (TPSA) is 116 Å². The number of amides is 3. The van der Waals surface area contributed by atoms with E-state index in [0.717, 1.165) is 21.3 Å². The van der Waals surface area contributed by atoms with Crippen molar-refractivity contribution in [3.63, 3.8) is 0 Å². The number of aliphatic hydroxyl groups is 1. The van der Waals surface area contributed by atoms with Crippen molar-refractivity contribution in [2.45, 2.75) is 43.4 Å². The molecule has 224 valence electrons. The lowest BCUT2D eigenvalue weighted by Gasteiger charge is -2.39. The molecule has 1 fully saturated rings. The van der Waals surface area contributed by atoms with E-state index in [1.54, 1.807) is 14.2 Å². The van der Waals surface area contributed by atoms with Gasteiger partial charge in [-0.25, -0.2) is 4.79 Å². The van der Waals surface area contributed by atoms with E-state index < -0.39 is 42.0 Å². The molecular formula is C33H35N2O8+. The quantitative estimate of drug-likeness (QED) is 0.272. The number of benzene rings is 3. The van der Waals surface area contributed by atoms with Gasteiger partial charge in [0, 0.05) is 13.5 Å². The highest BCUT2D eigenvalue weighted by Gasteiger charge is 2.49. The van der Waals surface area contributed by atoms with Crippen LogP contribution in [0.1, 0.15) is 30.0 Å². The second-order valence-electron chi connectivity index (χ2n) is 10.3. The number of carbonyl (C=O) groups is 2. The monoisotopic (exact) mass is 587 g/mol. The second kappa shape index (κ2) is 12.8. The summed E-state index contributed by atoms with van der Waals surface area (Å²) >= 11 is 0. The van der Waals surface area contributed by atoms with Gasteiger partial charge in [-0.1, -0.05) is 54.6 Å². The molecule has 43 heavy (non-hydrogen) atoms. The second-order valence-corrected chi connectivity index (χ2v) is 10.3. The molecule has 0 radical (unpaired) electrons. The zero-order chi connectivity index (χ0) is 30.6. The number of aliphatic hydroxyl groups excluding tert-OH is 1. The standard InChI is InChI=1S/C33H34N2O8/c1-21(20-27-29(37)30(41-4)31(42-27)35-19-18-28(36)34-32(35)38)43-33(22-8-6-5-7-9-22,23-10-14-25(39-2)15-11-23)24-12-16-26(40-3)17-13-24/h5-19,21,27,29-30,37H,20H2,1-4H3/p+1/b35-31-/t21-,27-,29-,30-/m1/s1. The largest absolute Gasteiger partial charge is 0.506 e. The van der Waals surface area contributed by atoms with Gasteiger partial charge in [0.2, 0.25) is 0 Å². The molecule has 0 spiro atoms. The Kier molecular flexibility index (Phi) is 8.91. The third kappa shape index (κ3) is 5.90. The summed E-state index contributed by atoms with van der Waals surface area (Å²) in [4.78, 5) is 24.1. The third-order valence-corrected chi connectivity index (χ3v) is 7.64. The zero-order valence-corrected chi connectivity index (χ0v) is 24.4. The molecule has 0 bridgehead atoms. The van der Waals surface area contributed by atoms with Gasteiger partial charge in [-0.3, -0.25) is 0 Å². The van der Waals surface area contributed by atoms with E-state index in [-0.39, 0.29) is 12.3 Å². The average Bonchev–Trinajstić information content (AvgIpc) is 3.34. The minimum absolute atomic E-state index is 0.0908. The van der Waals surface area contributed by atoms with Gasteiger partial charge in [-0.2, -0.15) is 10.1 Å². The van der Waals surface area contributed by atoms with Crippen LogP contribution in [0.4, 0.5) is 4.79 Å². The summed E-state index contributed by atoms with van der Waals surface area (Å²) in [7, 11) is 4.66. The summed E-state index contributed by atoms with van der Waals surface area (Å²) in [5.41, 5.74) is 1.57. The van der Waals surface area contributed by atoms with Crippen molar-refractivity contribution in [2.24, 2.45) is 0 Å². The lowest BCUT2D eigenvalue weighted by molar-refractivity contribution is -0.368. The first-order valence-electron chi connectivity index (χ1n) is 13.9. The third-order valence-electron chi connectivity index (χ3n) is 7.64. The number of hydrogen-bond acceptors (Lipinski definition) is 8. The molecule has 2 aliphatic heterocycles. The number of hydrogen-bond donors (Lipinski definition) is 2. The summed E-state index contributed by atoms with van der Waals surface area (Å²) in [6, 6.07) is 24.6. The summed E-state index contributed by atoms with van der Waals surface area (Å²) in [5, 5.41) is 13.4. The number of urea groups is 1.